The summed E-state index contributed by atoms with van der Waals surface area (Å²) in [6.07, 6.45) is 1.64. The van der Waals surface area contributed by atoms with Gasteiger partial charge < -0.3 is 4.52 Å². The Balaban J connectivity index is 1.96. The molecule has 0 bridgehead atoms. The zero-order valence-electron chi connectivity index (χ0n) is 12.4. The van der Waals surface area contributed by atoms with Crippen molar-refractivity contribution in [3.05, 3.63) is 52.1 Å². The second-order valence-corrected chi connectivity index (χ2v) is 5.03. The Labute approximate surface area is 126 Å². The lowest BCUT2D eigenvalue weighted by molar-refractivity contribution is 0.366. The minimum absolute atomic E-state index is 0.166. The highest BCUT2D eigenvalue weighted by Gasteiger charge is 2.17. The highest BCUT2D eigenvalue weighted by molar-refractivity contribution is 5.59. The highest BCUT2D eigenvalue weighted by Crippen LogP contribution is 2.20. The van der Waals surface area contributed by atoms with Crippen LogP contribution in [0.5, 0.6) is 0 Å². The van der Waals surface area contributed by atoms with Crippen molar-refractivity contribution in [1.82, 2.24) is 19.9 Å². The third-order valence-electron chi connectivity index (χ3n) is 3.35. The van der Waals surface area contributed by atoms with E-state index in [1.54, 1.807) is 0 Å². The summed E-state index contributed by atoms with van der Waals surface area (Å²) in [5, 5.41) is 7.77. The van der Waals surface area contributed by atoms with Crippen molar-refractivity contribution < 1.29 is 9.05 Å². The highest BCUT2D eigenvalue weighted by atomic mass is 16.5. The molecule has 0 N–H and O–H groups in total. The first-order valence-corrected chi connectivity index (χ1v) is 7.13. The van der Waals surface area contributed by atoms with Crippen LogP contribution in [-0.2, 0) is 13.0 Å². The van der Waals surface area contributed by atoms with Crippen LogP contribution in [0.4, 0.5) is 0 Å². The van der Waals surface area contributed by atoms with Crippen molar-refractivity contribution in [2.45, 2.75) is 33.2 Å². The SMILES string of the molecule is CCCc1nc(Cn2c(-c3ccccc3C)noc2=O)no1. The van der Waals surface area contributed by atoms with Gasteiger partial charge in [-0.1, -0.05) is 41.5 Å². The fourth-order valence-electron chi connectivity index (χ4n) is 2.24. The van der Waals surface area contributed by atoms with Crippen molar-refractivity contribution in [3.63, 3.8) is 0 Å². The molecule has 2 aromatic heterocycles. The van der Waals surface area contributed by atoms with Gasteiger partial charge in [-0.15, -0.1) is 0 Å². The van der Waals surface area contributed by atoms with Gasteiger partial charge in [0.25, 0.3) is 0 Å². The number of benzene rings is 1. The van der Waals surface area contributed by atoms with Crippen LogP contribution in [0.1, 0.15) is 30.6 Å². The van der Waals surface area contributed by atoms with Gasteiger partial charge >= 0.3 is 5.76 Å². The van der Waals surface area contributed by atoms with Crippen LogP contribution in [0.15, 0.2) is 38.1 Å². The van der Waals surface area contributed by atoms with Crippen LogP contribution in [0.2, 0.25) is 0 Å². The van der Waals surface area contributed by atoms with Crippen LogP contribution in [0.3, 0.4) is 0 Å². The maximum absolute atomic E-state index is 11.9. The fourth-order valence-corrected chi connectivity index (χ4v) is 2.24. The predicted molar refractivity (Wildman–Crippen MR) is 78.3 cm³/mol. The summed E-state index contributed by atoms with van der Waals surface area (Å²) in [6, 6.07) is 7.66. The first kappa shape index (κ1) is 14.2. The van der Waals surface area contributed by atoms with Gasteiger partial charge in [-0.25, -0.2) is 9.36 Å². The largest absolute Gasteiger partial charge is 0.442 e. The smallest absolute Gasteiger partial charge is 0.339 e. The van der Waals surface area contributed by atoms with Gasteiger partial charge in [-0.3, -0.25) is 4.52 Å². The van der Waals surface area contributed by atoms with Crippen LogP contribution >= 0.6 is 0 Å². The zero-order valence-corrected chi connectivity index (χ0v) is 12.4. The van der Waals surface area contributed by atoms with Crippen LogP contribution in [-0.4, -0.2) is 19.9 Å². The third kappa shape index (κ3) is 2.69. The molecular weight excluding hydrogens is 284 g/mol. The topological polar surface area (TPSA) is 87.0 Å². The van der Waals surface area contributed by atoms with Gasteiger partial charge in [0.1, 0.15) is 0 Å². The van der Waals surface area contributed by atoms with Crippen LogP contribution in [0.25, 0.3) is 11.4 Å². The molecule has 0 atom stereocenters. The Morgan fingerprint density at radius 2 is 2.00 bits per heavy atom. The molecular formula is C15H16N4O3. The molecule has 3 rings (SSSR count). The first-order chi connectivity index (χ1) is 10.7. The summed E-state index contributed by atoms with van der Waals surface area (Å²) in [5.74, 6) is 0.924. The van der Waals surface area contributed by atoms with Gasteiger partial charge in [-0.2, -0.15) is 4.98 Å². The predicted octanol–water partition coefficient (Wildman–Crippen LogP) is 2.20. The lowest BCUT2D eigenvalue weighted by atomic mass is 10.1. The number of hydrogen-bond donors (Lipinski definition) is 0. The minimum Gasteiger partial charge on any atom is -0.339 e. The van der Waals surface area contributed by atoms with Crippen molar-refractivity contribution in [3.8, 4) is 11.4 Å². The summed E-state index contributed by atoms with van der Waals surface area (Å²) in [7, 11) is 0. The lowest BCUT2D eigenvalue weighted by Gasteiger charge is -2.04. The molecule has 0 aliphatic rings. The van der Waals surface area contributed by atoms with E-state index in [2.05, 4.69) is 15.3 Å². The average Bonchev–Trinajstić information content (AvgIpc) is 3.09. The molecule has 3 aromatic rings. The third-order valence-corrected chi connectivity index (χ3v) is 3.35. The Kier molecular flexibility index (Phi) is 3.86. The standard InChI is InChI=1S/C15H16N4O3/c1-3-6-13-16-12(17-21-13)9-19-14(18-22-15(19)20)11-8-5-4-7-10(11)2/h4-5,7-8H,3,6,9H2,1-2H3. The lowest BCUT2D eigenvalue weighted by Crippen LogP contribution is -2.17. The Bertz CT molecular complexity index is 831. The molecule has 0 saturated carbocycles. The molecule has 0 aliphatic carbocycles. The number of aryl methyl sites for hydroxylation is 2. The summed E-state index contributed by atoms with van der Waals surface area (Å²) in [6.45, 7) is 4.15. The molecule has 7 nitrogen and oxygen atoms in total. The zero-order chi connectivity index (χ0) is 15.5. The van der Waals surface area contributed by atoms with E-state index in [0.717, 1.165) is 24.0 Å². The van der Waals surface area contributed by atoms with Crippen molar-refractivity contribution in [1.29, 1.82) is 0 Å². The second-order valence-electron chi connectivity index (χ2n) is 5.03. The van der Waals surface area contributed by atoms with E-state index in [-0.39, 0.29) is 6.54 Å². The van der Waals surface area contributed by atoms with E-state index in [1.807, 2.05) is 38.1 Å². The number of nitrogens with zero attached hydrogens (tertiary/aromatic N) is 4. The quantitative estimate of drug-likeness (QED) is 0.718. The molecule has 0 aliphatic heterocycles. The van der Waals surface area contributed by atoms with E-state index in [4.69, 9.17) is 9.05 Å². The van der Waals surface area contributed by atoms with Gasteiger partial charge in [0.2, 0.25) is 5.89 Å². The van der Waals surface area contributed by atoms with Crippen molar-refractivity contribution >= 4 is 0 Å². The minimum atomic E-state index is -0.542. The molecule has 2 heterocycles. The molecule has 1 aromatic carbocycles. The van der Waals surface area contributed by atoms with Gasteiger partial charge in [0.05, 0.1) is 6.54 Å². The summed E-state index contributed by atoms with van der Waals surface area (Å²) in [4.78, 5) is 16.2. The normalized spacial score (nSPS) is 11.0. The molecule has 0 amide bonds. The molecule has 0 radical (unpaired) electrons. The van der Waals surface area contributed by atoms with Gasteiger partial charge in [0, 0.05) is 12.0 Å². The second kappa shape index (κ2) is 5.97. The van der Waals surface area contributed by atoms with E-state index in [0.29, 0.717) is 17.5 Å². The van der Waals surface area contributed by atoms with Crippen molar-refractivity contribution in [2.75, 3.05) is 0 Å². The molecule has 0 unspecified atom stereocenters. The Hall–Kier alpha value is -2.70. The van der Waals surface area contributed by atoms with Crippen LogP contribution in [0, 0.1) is 6.92 Å². The van der Waals surface area contributed by atoms with E-state index < -0.39 is 5.76 Å². The van der Waals surface area contributed by atoms with Gasteiger partial charge in [-0.05, 0) is 18.9 Å². The van der Waals surface area contributed by atoms with E-state index in [1.165, 1.54) is 4.57 Å². The van der Waals surface area contributed by atoms with Crippen LogP contribution < -0.4 is 5.76 Å². The average molecular weight is 300 g/mol. The molecule has 0 saturated heterocycles. The molecule has 7 heteroatoms. The Morgan fingerprint density at radius 3 is 2.77 bits per heavy atom. The van der Waals surface area contributed by atoms with E-state index >= 15 is 0 Å². The molecule has 0 fully saturated rings. The monoisotopic (exact) mass is 300 g/mol. The summed E-state index contributed by atoms with van der Waals surface area (Å²) >= 11 is 0. The fraction of sp³-hybridized carbons (Fsp3) is 0.333. The summed E-state index contributed by atoms with van der Waals surface area (Å²) < 4.78 is 11.3. The van der Waals surface area contributed by atoms with Crippen molar-refractivity contribution in [2.24, 2.45) is 0 Å². The molecule has 114 valence electrons. The van der Waals surface area contributed by atoms with Gasteiger partial charge in [0.15, 0.2) is 11.6 Å². The Morgan fingerprint density at radius 1 is 1.18 bits per heavy atom. The summed E-state index contributed by atoms with van der Waals surface area (Å²) in [5.41, 5.74) is 1.84. The van der Waals surface area contributed by atoms with E-state index in [9.17, 15) is 4.79 Å². The number of aromatic nitrogens is 4. The molecule has 0 spiro atoms. The maximum atomic E-state index is 11.9. The number of hydrogen-bond acceptors (Lipinski definition) is 6. The first-order valence-electron chi connectivity index (χ1n) is 7.13. The number of rotatable bonds is 5. The molecule has 22 heavy (non-hydrogen) atoms. The maximum Gasteiger partial charge on any atom is 0.442 e.